The van der Waals surface area contributed by atoms with E-state index in [4.69, 9.17) is 11.6 Å². The van der Waals surface area contributed by atoms with Crippen molar-refractivity contribution in [1.82, 2.24) is 15.5 Å². The zero-order valence-corrected chi connectivity index (χ0v) is 13.3. The number of carbonyl (C=O) groups excluding carboxylic acids is 1. The zero-order chi connectivity index (χ0) is 13.8. The smallest absolute Gasteiger partial charge is 0.234 e. The average molecular weight is 318 g/mol. The van der Waals surface area contributed by atoms with Crippen LogP contribution < -0.4 is 10.6 Å². The Morgan fingerprint density at radius 2 is 2.15 bits per heavy atom. The van der Waals surface area contributed by atoms with E-state index in [0.717, 1.165) is 18.7 Å². The Bertz CT molecular complexity index is 452. The van der Waals surface area contributed by atoms with Crippen LogP contribution in [0.1, 0.15) is 18.5 Å². The number of nitrogens with zero attached hydrogens (tertiary/aromatic N) is 1. The molecule has 1 aromatic rings. The van der Waals surface area contributed by atoms with E-state index in [2.05, 4.69) is 15.5 Å². The standard InChI is InChI=1S/C14H20ClN3O.ClH/c1-10(12-5-3-4-6-13(12)15)17-14(19)9-18(2)11-7-16-8-11;/h3-6,10-11,16H,7-9H2,1-2H3,(H,17,19);1H. The number of nitrogens with one attached hydrogen (secondary N) is 2. The van der Waals surface area contributed by atoms with Gasteiger partial charge in [-0.05, 0) is 25.6 Å². The molecule has 1 aliphatic heterocycles. The largest absolute Gasteiger partial charge is 0.348 e. The third-order valence-electron chi connectivity index (χ3n) is 3.53. The summed E-state index contributed by atoms with van der Waals surface area (Å²) in [7, 11) is 1.98. The van der Waals surface area contributed by atoms with Crippen LogP contribution in [0.3, 0.4) is 0 Å². The molecule has 0 saturated carbocycles. The Balaban J connectivity index is 0.00000200. The van der Waals surface area contributed by atoms with Gasteiger partial charge in [0.15, 0.2) is 0 Å². The van der Waals surface area contributed by atoms with Crippen molar-refractivity contribution in [1.29, 1.82) is 0 Å². The maximum absolute atomic E-state index is 12.0. The number of amides is 1. The van der Waals surface area contributed by atoms with Crippen LogP contribution in [0.15, 0.2) is 24.3 Å². The van der Waals surface area contributed by atoms with Gasteiger partial charge in [-0.25, -0.2) is 0 Å². The molecule has 6 heteroatoms. The lowest BCUT2D eigenvalue weighted by Crippen LogP contribution is -2.57. The Labute approximate surface area is 131 Å². The summed E-state index contributed by atoms with van der Waals surface area (Å²) in [6.07, 6.45) is 0. The van der Waals surface area contributed by atoms with Crippen LogP contribution in [0.25, 0.3) is 0 Å². The van der Waals surface area contributed by atoms with Gasteiger partial charge in [0.25, 0.3) is 0 Å². The summed E-state index contributed by atoms with van der Waals surface area (Å²) in [4.78, 5) is 14.1. The maximum atomic E-state index is 12.0. The van der Waals surface area contributed by atoms with Crippen molar-refractivity contribution < 1.29 is 4.79 Å². The first-order chi connectivity index (χ1) is 9.08. The Kier molecular flexibility index (Phi) is 6.76. The van der Waals surface area contributed by atoms with Gasteiger partial charge in [0.05, 0.1) is 12.6 Å². The van der Waals surface area contributed by atoms with Gasteiger partial charge in [-0.15, -0.1) is 12.4 Å². The second-order valence-corrected chi connectivity index (χ2v) is 5.45. The van der Waals surface area contributed by atoms with Crippen molar-refractivity contribution in [3.05, 3.63) is 34.9 Å². The molecule has 2 rings (SSSR count). The molecule has 112 valence electrons. The molecule has 20 heavy (non-hydrogen) atoms. The molecule has 0 aliphatic carbocycles. The lowest BCUT2D eigenvalue weighted by molar-refractivity contribution is -0.123. The second kappa shape index (κ2) is 7.84. The molecular weight excluding hydrogens is 297 g/mol. The number of rotatable bonds is 5. The van der Waals surface area contributed by atoms with E-state index in [1.54, 1.807) is 0 Å². The lowest BCUT2D eigenvalue weighted by atomic mass is 10.1. The minimum Gasteiger partial charge on any atom is -0.348 e. The van der Waals surface area contributed by atoms with Gasteiger partial charge in [0.2, 0.25) is 5.91 Å². The highest BCUT2D eigenvalue weighted by Crippen LogP contribution is 2.21. The molecule has 1 saturated heterocycles. The monoisotopic (exact) mass is 317 g/mol. The normalized spacial score (nSPS) is 16.2. The predicted octanol–water partition coefficient (Wildman–Crippen LogP) is 1.84. The third kappa shape index (κ3) is 4.35. The molecule has 1 amide bonds. The van der Waals surface area contributed by atoms with Gasteiger partial charge in [0.1, 0.15) is 0 Å². The van der Waals surface area contributed by atoms with E-state index < -0.39 is 0 Å². The lowest BCUT2D eigenvalue weighted by Gasteiger charge is -2.35. The molecule has 1 aromatic carbocycles. The molecule has 0 bridgehead atoms. The number of benzene rings is 1. The van der Waals surface area contributed by atoms with Gasteiger partial charge in [-0.1, -0.05) is 29.8 Å². The Morgan fingerprint density at radius 1 is 1.50 bits per heavy atom. The van der Waals surface area contributed by atoms with E-state index in [1.165, 1.54) is 0 Å². The number of halogens is 2. The Hall–Kier alpha value is -0.810. The van der Waals surface area contributed by atoms with Gasteiger partial charge in [-0.2, -0.15) is 0 Å². The van der Waals surface area contributed by atoms with Gasteiger partial charge < -0.3 is 10.6 Å². The van der Waals surface area contributed by atoms with Crippen molar-refractivity contribution in [3.63, 3.8) is 0 Å². The molecule has 1 heterocycles. The van der Waals surface area contributed by atoms with Gasteiger partial charge >= 0.3 is 0 Å². The predicted molar refractivity (Wildman–Crippen MR) is 84.5 cm³/mol. The Morgan fingerprint density at radius 3 is 2.70 bits per heavy atom. The topological polar surface area (TPSA) is 44.4 Å². The molecule has 0 aromatic heterocycles. The minimum atomic E-state index is -0.0749. The van der Waals surface area contributed by atoms with Crippen molar-refractivity contribution in [3.8, 4) is 0 Å². The van der Waals surface area contributed by atoms with Crippen LogP contribution in [0, 0.1) is 0 Å². The number of likely N-dealkylation sites (N-methyl/N-ethyl adjacent to an activating group) is 1. The summed E-state index contributed by atoms with van der Waals surface area (Å²) in [5.74, 6) is 0.0295. The van der Waals surface area contributed by atoms with Crippen LogP contribution in [0.4, 0.5) is 0 Å². The highest BCUT2D eigenvalue weighted by Gasteiger charge is 2.23. The summed E-state index contributed by atoms with van der Waals surface area (Å²) in [6, 6.07) is 7.99. The van der Waals surface area contributed by atoms with Crippen molar-refractivity contribution in [2.75, 3.05) is 26.7 Å². The number of hydrogen-bond donors (Lipinski definition) is 2. The first-order valence-electron chi connectivity index (χ1n) is 6.52. The third-order valence-corrected chi connectivity index (χ3v) is 3.87. The zero-order valence-electron chi connectivity index (χ0n) is 11.7. The van der Waals surface area contributed by atoms with E-state index >= 15 is 0 Å². The average Bonchev–Trinajstić information content (AvgIpc) is 2.26. The molecule has 0 spiro atoms. The molecule has 1 atom stereocenters. The second-order valence-electron chi connectivity index (χ2n) is 5.04. The summed E-state index contributed by atoms with van der Waals surface area (Å²) in [5.41, 5.74) is 0.950. The first-order valence-corrected chi connectivity index (χ1v) is 6.90. The highest BCUT2D eigenvalue weighted by molar-refractivity contribution is 6.31. The molecule has 1 aliphatic rings. The van der Waals surface area contributed by atoms with Gasteiger partial charge in [-0.3, -0.25) is 9.69 Å². The van der Waals surface area contributed by atoms with E-state index in [9.17, 15) is 4.79 Å². The van der Waals surface area contributed by atoms with Crippen molar-refractivity contribution in [2.45, 2.75) is 19.0 Å². The molecular formula is C14H21Cl2N3O. The van der Waals surface area contributed by atoms with Crippen LogP contribution in [0.2, 0.25) is 5.02 Å². The van der Waals surface area contributed by atoms with Crippen LogP contribution in [-0.2, 0) is 4.79 Å². The van der Waals surface area contributed by atoms with Crippen molar-refractivity contribution >= 4 is 29.9 Å². The molecule has 0 radical (unpaired) electrons. The number of hydrogen-bond acceptors (Lipinski definition) is 3. The van der Waals surface area contributed by atoms with E-state index in [0.29, 0.717) is 17.6 Å². The molecule has 2 N–H and O–H groups in total. The van der Waals surface area contributed by atoms with Crippen LogP contribution in [-0.4, -0.2) is 43.5 Å². The summed E-state index contributed by atoms with van der Waals surface area (Å²) in [6.45, 7) is 4.29. The highest BCUT2D eigenvalue weighted by atomic mass is 35.5. The van der Waals surface area contributed by atoms with Gasteiger partial charge in [0, 0.05) is 24.2 Å². The van der Waals surface area contributed by atoms with Crippen LogP contribution >= 0.6 is 24.0 Å². The summed E-state index contributed by atoms with van der Waals surface area (Å²) >= 11 is 6.12. The fourth-order valence-corrected chi connectivity index (χ4v) is 2.43. The van der Waals surface area contributed by atoms with E-state index in [-0.39, 0.29) is 24.4 Å². The summed E-state index contributed by atoms with van der Waals surface area (Å²) in [5, 5.41) is 6.87. The van der Waals surface area contributed by atoms with E-state index in [1.807, 2.05) is 38.2 Å². The van der Waals surface area contributed by atoms with Crippen molar-refractivity contribution in [2.24, 2.45) is 0 Å². The van der Waals surface area contributed by atoms with Crippen LogP contribution in [0.5, 0.6) is 0 Å². The quantitative estimate of drug-likeness (QED) is 0.871. The number of carbonyl (C=O) groups is 1. The maximum Gasteiger partial charge on any atom is 0.234 e. The minimum absolute atomic E-state index is 0. The summed E-state index contributed by atoms with van der Waals surface area (Å²) < 4.78 is 0. The fraction of sp³-hybridized carbons (Fsp3) is 0.500. The molecule has 1 fully saturated rings. The SMILES string of the molecule is CC(NC(=O)CN(C)C1CNC1)c1ccccc1Cl.Cl. The first kappa shape index (κ1) is 17.2. The molecule has 4 nitrogen and oxygen atoms in total. The molecule has 1 unspecified atom stereocenters. The fourth-order valence-electron chi connectivity index (χ4n) is 2.13.